The number of aromatic nitrogens is 2. The highest BCUT2D eigenvalue weighted by molar-refractivity contribution is 5.73. The molecule has 5 nitrogen and oxygen atoms in total. The minimum Gasteiger partial charge on any atom is -0.480 e. The molecule has 22 heavy (non-hydrogen) atoms. The van der Waals surface area contributed by atoms with Crippen LogP contribution in [0.25, 0.3) is 0 Å². The van der Waals surface area contributed by atoms with Gasteiger partial charge in [-0.2, -0.15) is 0 Å². The number of nitrogens with zero attached hydrogens (tertiary/aromatic N) is 3. The van der Waals surface area contributed by atoms with E-state index in [1.165, 1.54) is 0 Å². The molecule has 2 aromatic rings. The summed E-state index contributed by atoms with van der Waals surface area (Å²) in [7, 11) is 0. The van der Waals surface area contributed by atoms with Crippen LogP contribution < -0.4 is 0 Å². The molecule has 3 rings (SSSR count). The summed E-state index contributed by atoms with van der Waals surface area (Å²) in [4.78, 5) is 22.3. The Morgan fingerprint density at radius 1 is 1.18 bits per heavy atom. The number of hydrogen-bond donors (Lipinski definition) is 1. The van der Waals surface area contributed by atoms with Gasteiger partial charge in [-0.25, -0.2) is 0 Å². The van der Waals surface area contributed by atoms with Crippen LogP contribution in [0.1, 0.15) is 36.6 Å². The average Bonchev–Trinajstić information content (AvgIpc) is 2.57. The largest absolute Gasteiger partial charge is 0.480 e. The van der Waals surface area contributed by atoms with Gasteiger partial charge in [-0.3, -0.25) is 19.7 Å². The summed E-state index contributed by atoms with van der Waals surface area (Å²) >= 11 is 0. The normalized spacial score (nSPS) is 20.5. The highest BCUT2D eigenvalue weighted by Gasteiger charge is 2.35. The van der Waals surface area contributed by atoms with Crippen molar-refractivity contribution in [2.75, 3.05) is 6.54 Å². The van der Waals surface area contributed by atoms with E-state index in [0.717, 1.165) is 30.6 Å². The van der Waals surface area contributed by atoms with Crippen LogP contribution >= 0.6 is 0 Å². The van der Waals surface area contributed by atoms with Gasteiger partial charge in [0.15, 0.2) is 0 Å². The Morgan fingerprint density at radius 2 is 2.00 bits per heavy atom. The molecule has 0 aromatic carbocycles. The predicted molar refractivity (Wildman–Crippen MR) is 82.3 cm³/mol. The van der Waals surface area contributed by atoms with Gasteiger partial charge < -0.3 is 5.11 Å². The second-order valence-electron chi connectivity index (χ2n) is 5.53. The van der Waals surface area contributed by atoms with Crippen LogP contribution in [0.4, 0.5) is 0 Å². The molecule has 2 aromatic heterocycles. The van der Waals surface area contributed by atoms with Crippen molar-refractivity contribution < 1.29 is 9.90 Å². The van der Waals surface area contributed by atoms with Crippen molar-refractivity contribution in [3.05, 3.63) is 60.2 Å². The van der Waals surface area contributed by atoms with Gasteiger partial charge in [-0.1, -0.05) is 12.5 Å². The van der Waals surface area contributed by atoms with E-state index in [4.69, 9.17) is 0 Å². The maximum absolute atomic E-state index is 11.7. The molecule has 1 N–H and O–H groups in total. The lowest BCUT2D eigenvalue weighted by molar-refractivity contribution is -0.145. The second kappa shape index (κ2) is 6.66. The molecule has 1 saturated heterocycles. The summed E-state index contributed by atoms with van der Waals surface area (Å²) in [6.07, 6.45) is 7.89. The maximum Gasteiger partial charge on any atom is 0.320 e. The molecule has 1 aliphatic heterocycles. The number of aliphatic carboxylic acids is 1. The van der Waals surface area contributed by atoms with E-state index in [0.29, 0.717) is 6.42 Å². The van der Waals surface area contributed by atoms with Gasteiger partial charge in [-0.15, -0.1) is 0 Å². The fourth-order valence-corrected chi connectivity index (χ4v) is 3.14. The van der Waals surface area contributed by atoms with E-state index in [1.807, 2.05) is 30.3 Å². The smallest absolute Gasteiger partial charge is 0.320 e. The molecule has 0 saturated carbocycles. The first-order chi connectivity index (χ1) is 10.8. The fraction of sp³-hybridized carbons (Fsp3) is 0.353. The van der Waals surface area contributed by atoms with Gasteiger partial charge in [0.2, 0.25) is 0 Å². The van der Waals surface area contributed by atoms with Crippen LogP contribution in [0.2, 0.25) is 0 Å². The van der Waals surface area contributed by atoms with E-state index in [-0.39, 0.29) is 6.04 Å². The molecule has 0 bridgehead atoms. The number of carboxylic acids is 1. The summed E-state index contributed by atoms with van der Waals surface area (Å²) in [6, 6.07) is 9.03. The summed E-state index contributed by atoms with van der Waals surface area (Å²) in [5, 5.41) is 9.58. The number of likely N-dealkylation sites (tertiary alicyclic amines) is 1. The van der Waals surface area contributed by atoms with Gasteiger partial charge in [0.1, 0.15) is 6.04 Å². The monoisotopic (exact) mass is 297 g/mol. The highest BCUT2D eigenvalue weighted by Crippen LogP contribution is 2.32. The first-order valence-electron chi connectivity index (χ1n) is 7.57. The predicted octanol–water partition coefficient (Wildman–Crippen LogP) is 2.51. The Labute approximate surface area is 129 Å². The zero-order chi connectivity index (χ0) is 15.4. The molecular formula is C17H19N3O2. The van der Waals surface area contributed by atoms with E-state index >= 15 is 0 Å². The highest BCUT2D eigenvalue weighted by atomic mass is 16.4. The van der Waals surface area contributed by atoms with Crippen LogP contribution in [0.3, 0.4) is 0 Å². The van der Waals surface area contributed by atoms with Crippen molar-refractivity contribution in [3.8, 4) is 0 Å². The minimum atomic E-state index is -0.755. The van der Waals surface area contributed by atoms with E-state index in [9.17, 15) is 9.90 Å². The van der Waals surface area contributed by atoms with Crippen molar-refractivity contribution in [2.24, 2.45) is 0 Å². The summed E-state index contributed by atoms with van der Waals surface area (Å²) in [6.45, 7) is 0.764. The molecule has 1 aliphatic rings. The SMILES string of the molecule is O=C(O)C1CCCCN1C(c1ccncc1)c1ccccn1. The fourth-order valence-electron chi connectivity index (χ4n) is 3.14. The molecule has 0 aliphatic carbocycles. The second-order valence-corrected chi connectivity index (χ2v) is 5.53. The number of piperidine rings is 1. The van der Waals surface area contributed by atoms with Crippen molar-refractivity contribution in [1.29, 1.82) is 0 Å². The van der Waals surface area contributed by atoms with Crippen molar-refractivity contribution in [3.63, 3.8) is 0 Å². The van der Waals surface area contributed by atoms with Crippen molar-refractivity contribution in [1.82, 2.24) is 14.9 Å². The number of carbonyl (C=O) groups is 1. The molecule has 5 heteroatoms. The van der Waals surface area contributed by atoms with E-state index < -0.39 is 12.0 Å². The van der Waals surface area contributed by atoms with E-state index in [2.05, 4.69) is 14.9 Å². The zero-order valence-electron chi connectivity index (χ0n) is 12.3. The molecule has 2 atom stereocenters. The molecular weight excluding hydrogens is 278 g/mol. The molecule has 3 heterocycles. The minimum absolute atomic E-state index is 0.148. The van der Waals surface area contributed by atoms with Crippen LogP contribution in [0.15, 0.2) is 48.9 Å². The van der Waals surface area contributed by atoms with Gasteiger partial charge in [0.25, 0.3) is 0 Å². The summed E-state index contributed by atoms with van der Waals surface area (Å²) < 4.78 is 0. The summed E-state index contributed by atoms with van der Waals surface area (Å²) in [5.41, 5.74) is 1.91. The van der Waals surface area contributed by atoms with Gasteiger partial charge >= 0.3 is 5.97 Å². The Balaban J connectivity index is 2.03. The topological polar surface area (TPSA) is 66.3 Å². The lowest BCUT2D eigenvalue weighted by Gasteiger charge is -2.39. The molecule has 2 unspecified atom stereocenters. The molecule has 0 amide bonds. The van der Waals surface area contributed by atoms with Crippen LogP contribution in [-0.4, -0.2) is 38.5 Å². The third kappa shape index (κ3) is 2.99. The summed E-state index contributed by atoms with van der Waals surface area (Å²) in [5.74, 6) is -0.755. The first kappa shape index (κ1) is 14.7. The molecule has 114 valence electrons. The molecule has 0 spiro atoms. The zero-order valence-corrected chi connectivity index (χ0v) is 12.3. The third-order valence-corrected chi connectivity index (χ3v) is 4.15. The van der Waals surface area contributed by atoms with Crippen LogP contribution in [0, 0.1) is 0 Å². The van der Waals surface area contributed by atoms with Gasteiger partial charge in [-0.05, 0) is 49.2 Å². The molecule has 0 radical (unpaired) electrons. The lowest BCUT2D eigenvalue weighted by atomic mass is 9.94. The Bertz CT molecular complexity index is 579. The van der Waals surface area contributed by atoms with E-state index in [1.54, 1.807) is 18.6 Å². The standard InChI is InChI=1S/C17H19N3O2/c21-17(22)15-6-2-4-12-20(15)16(13-7-10-18-11-8-13)14-5-1-3-9-19-14/h1,3,5,7-11,15-16H,2,4,6,12H2,(H,21,22). The van der Waals surface area contributed by atoms with Crippen molar-refractivity contribution >= 4 is 5.97 Å². The number of rotatable bonds is 4. The van der Waals surface area contributed by atoms with Gasteiger partial charge in [0.05, 0.1) is 11.7 Å². The maximum atomic E-state index is 11.7. The third-order valence-electron chi connectivity index (χ3n) is 4.15. The Morgan fingerprint density at radius 3 is 2.68 bits per heavy atom. The van der Waals surface area contributed by atoms with Crippen molar-refractivity contribution in [2.45, 2.75) is 31.3 Å². The average molecular weight is 297 g/mol. The number of carboxylic acid groups (broad SMARTS) is 1. The number of hydrogen-bond acceptors (Lipinski definition) is 4. The Hall–Kier alpha value is -2.27. The first-order valence-corrected chi connectivity index (χ1v) is 7.57. The lowest BCUT2D eigenvalue weighted by Crippen LogP contribution is -2.47. The number of pyridine rings is 2. The van der Waals surface area contributed by atoms with Gasteiger partial charge in [0, 0.05) is 18.6 Å². The quantitative estimate of drug-likeness (QED) is 0.939. The van der Waals surface area contributed by atoms with Crippen LogP contribution in [-0.2, 0) is 4.79 Å². The molecule has 1 fully saturated rings. The van der Waals surface area contributed by atoms with Crippen LogP contribution in [0.5, 0.6) is 0 Å². The Kier molecular flexibility index (Phi) is 4.44.